The summed E-state index contributed by atoms with van der Waals surface area (Å²) in [4.78, 5) is 3.79. The minimum Gasteiger partial charge on any atom is -0.477 e. The van der Waals surface area contributed by atoms with Gasteiger partial charge in [-0.2, -0.15) is 0 Å². The highest BCUT2D eigenvalue weighted by molar-refractivity contribution is 5.30. The normalized spacial score (nSPS) is 21.3. The van der Waals surface area contributed by atoms with Crippen LogP contribution < -0.4 is 10.5 Å². The summed E-state index contributed by atoms with van der Waals surface area (Å²) in [6.45, 7) is 0.562. The highest BCUT2D eigenvalue weighted by atomic mass is 19.1. The number of ether oxygens (including phenoxy) is 1. The van der Waals surface area contributed by atoms with Crippen molar-refractivity contribution in [1.82, 2.24) is 4.98 Å². The van der Waals surface area contributed by atoms with Gasteiger partial charge < -0.3 is 10.5 Å². The average molecular weight is 168 g/mol. The molecule has 2 N–H and O–H groups in total. The van der Waals surface area contributed by atoms with Gasteiger partial charge in [-0.25, -0.2) is 9.37 Å². The number of hydrogen-bond donors (Lipinski definition) is 1. The van der Waals surface area contributed by atoms with Crippen molar-refractivity contribution >= 4 is 0 Å². The van der Waals surface area contributed by atoms with E-state index in [9.17, 15) is 4.39 Å². The van der Waals surface area contributed by atoms with E-state index in [4.69, 9.17) is 10.5 Å². The van der Waals surface area contributed by atoms with Gasteiger partial charge in [0.2, 0.25) is 5.88 Å². The van der Waals surface area contributed by atoms with E-state index in [2.05, 4.69) is 4.98 Å². The molecule has 2 rings (SSSR count). The van der Waals surface area contributed by atoms with Crippen LogP contribution in [-0.4, -0.2) is 11.6 Å². The van der Waals surface area contributed by atoms with Gasteiger partial charge in [0.15, 0.2) is 0 Å². The molecule has 4 heteroatoms. The van der Waals surface area contributed by atoms with Crippen molar-refractivity contribution in [2.45, 2.75) is 12.5 Å². The molecule has 1 aliphatic rings. The van der Waals surface area contributed by atoms with Gasteiger partial charge in [0.1, 0.15) is 5.82 Å². The van der Waals surface area contributed by atoms with E-state index in [1.165, 1.54) is 6.07 Å². The molecule has 0 saturated carbocycles. The Morgan fingerprint density at radius 1 is 1.67 bits per heavy atom. The largest absolute Gasteiger partial charge is 0.477 e. The number of rotatable bonds is 0. The fourth-order valence-corrected chi connectivity index (χ4v) is 1.27. The number of hydrogen-bond acceptors (Lipinski definition) is 3. The lowest BCUT2D eigenvalue weighted by Crippen LogP contribution is -2.21. The van der Waals surface area contributed by atoms with Crippen LogP contribution in [0.25, 0.3) is 0 Å². The van der Waals surface area contributed by atoms with Crippen molar-refractivity contribution in [3.05, 3.63) is 23.6 Å². The first-order valence-corrected chi connectivity index (χ1v) is 3.81. The van der Waals surface area contributed by atoms with E-state index >= 15 is 0 Å². The second-order valence-electron chi connectivity index (χ2n) is 2.79. The van der Waals surface area contributed by atoms with Crippen molar-refractivity contribution < 1.29 is 9.13 Å². The third-order valence-corrected chi connectivity index (χ3v) is 1.91. The lowest BCUT2D eigenvalue weighted by Gasteiger charge is -2.21. The first-order chi connectivity index (χ1) is 5.77. The third-order valence-electron chi connectivity index (χ3n) is 1.91. The molecule has 2 heterocycles. The van der Waals surface area contributed by atoms with Crippen LogP contribution in [0, 0.1) is 5.82 Å². The molecular weight excluding hydrogens is 159 g/mol. The van der Waals surface area contributed by atoms with Crippen LogP contribution in [0.2, 0.25) is 0 Å². The lowest BCUT2D eigenvalue weighted by atomic mass is 10.0. The summed E-state index contributed by atoms with van der Waals surface area (Å²) in [5.41, 5.74) is 6.40. The molecule has 0 bridgehead atoms. The Hall–Kier alpha value is -1.16. The molecule has 0 amide bonds. The van der Waals surface area contributed by atoms with Crippen LogP contribution in [-0.2, 0) is 0 Å². The molecular formula is C8H9FN2O. The molecule has 0 saturated heterocycles. The number of pyridine rings is 1. The molecule has 1 atom stereocenters. The van der Waals surface area contributed by atoms with Gasteiger partial charge in [-0.05, 0) is 6.07 Å². The standard InChI is InChI=1S/C8H9FN2O/c9-5-3-6-7(10)1-2-12-8(6)11-4-5/h3-4,7H,1-2,10H2. The Labute approximate surface area is 69.4 Å². The lowest BCUT2D eigenvalue weighted by molar-refractivity contribution is 0.256. The maximum absolute atomic E-state index is 12.7. The van der Waals surface area contributed by atoms with Gasteiger partial charge >= 0.3 is 0 Å². The van der Waals surface area contributed by atoms with Crippen molar-refractivity contribution in [3.63, 3.8) is 0 Å². The summed E-state index contributed by atoms with van der Waals surface area (Å²) < 4.78 is 17.9. The summed E-state index contributed by atoms with van der Waals surface area (Å²) in [5, 5.41) is 0. The molecule has 0 spiro atoms. The Morgan fingerprint density at radius 3 is 3.33 bits per heavy atom. The van der Waals surface area contributed by atoms with E-state index in [0.717, 1.165) is 12.6 Å². The molecule has 1 aromatic heterocycles. The first-order valence-electron chi connectivity index (χ1n) is 3.81. The predicted octanol–water partition coefficient (Wildman–Crippen LogP) is 1.00. The third kappa shape index (κ3) is 1.14. The zero-order valence-electron chi connectivity index (χ0n) is 6.46. The molecule has 3 nitrogen and oxygen atoms in total. The number of nitrogens with two attached hydrogens (primary N) is 1. The highest BCUT2D eigenvalue weighted by Crippen LogP contribution is 2.28. The second kappa shape index (κ2) is 2.71. The Balaban J connectivity index is 2.47. The zero-order chi connectivity index (χ0) is 8.55. The van der Waals surface area contributed by atoms with Crippen molar-refractivity contribution in [2.75, 3.05) is 6.61 Å². The van der Waals surface area contributed by atoms with Crippen LogP contribution in [0.1, 0.15) is 18.0 Å². The second-order valence-corrected chi connectivity index (χ2v) is 2.79. The van der Waals surface area contributed by atoms with Crippen LogP contribution in [0.4, 0.5) is 4.39 Å². The zero-order valence-corrected chi connectivity index (χ0v) is 6.46. The number of nitrogens with zero attached hydrogens (tertiary/aromatic N) is 1. The predicted molar refractivity (Wildman–Crippen MR) is 41.2 cm³/mol. The van der Waals surface area contributed by atoms with E-state index < -0.39 is 0 Å². The molecule has 0 radical (unpaired) electrons. The molecule has 1 unspecified atom stereocenters. The monoisotopic (exact) mass is 168 g/mol. The summed E-state index contributed by atoms with van der Waals surface area (Å²) in [6.07, 6.45) is 1.86. The SMILES string of the molecule is NC1CCOc2ncc(F)cc21. The van der Waals surface area contributed by atoms with Crippen LogP contribution >= 0.6 is 0 Å². The van der Waals surface area contributed by atoms with Crippen LogP contribution in [0.5, 0.6) is 5.88 Å². The highest BCUT2D eigenvalue weighted by Gasteiger charge is 2.19. The average Bonchev–Trinajstić information content (AvgIpc) is 2.07. The topological polar surface area (TPSA) is 48.1 Å². The Kier molecular flexibility index (Phi) is 1.69. The quantitative estimate of drug-likeness (QED) is 0.628. The first kappa shape index (κ1) is 7.49. The molecule has 12 heavy (non-hydrogen) atoms. The minimum atomic E-state index is -0.366. The molecule has 1 aromatic rings. The maximum Gasteiger partial charge on any atom is 0.218 e. The van der Waals surface area contributed by atoms with Gasteiger partial charge in [-0.1, -0.05) is 0 Å². The van der Waals surface area contributed by atoms with Crippen LogP contribution in [0.15, 0.2) is 12.3 Å². The van der Waals surface area contributed by atoms with Gasteiger partial charge in [0, 0.05) is 18.0 Å². The minimum absolute atomic E-state index is 0.142. The molecule has 0 aromatic carbocycles. The number of halogens is 1. The van der Waals surface area contributed by atoms with Gasteiger partial charge in [0.25, 0.3) is 0 Å². The van der Waals surface area contributed by atoms with E-state index in [0.29, 0.717) is 18.1 Å². The summed E-state index contributed by atoms with van der Waals surface area (Å²) in [7, 11) is 0. The van der Waals surface area contributed by atoms with Crippen LogP contribution in [0.3, 0.4) is 0 Å². The summed E-state index contributed by atoms with van der Waals surface area (Å²) in [6, 6.07) is 1.24. The fourth-order valence-electron chi connectivity index (χ4n) is 1.27. The maximum atomic E-state index is 12.7. The Bertz CT molecular complexity index is 303. The van der Waals surface area contributed by atoms with E-state index in [1.807, 2.05) is 0 Å². The number of aromatic nitrogens is 1. The molecule has 1 aliphatic heterocycles. The smallest absolute Gasteiger partial charge is 0.218 e. The molecule has 64 valence electrons. The number of fused-ring (bicyclic) bond motifs is 1. The Morgan fingerprint density at radius 2 is 2.50 bits per heavy atom. The van der Waals surface area contributed by atoms with Crippen molar-refractivity contribution in [3.8, 4) is 5.88 Å². The summed E-state index contributed by atoms with van der Waals surface area (Å²) >= 11 is 0. The van der Waals surface area contributed by atoms with Gasteiger partial charge in [-0.3, -0.25) is 0 Å². The van der Waals surface area contributed by atoms with E-state index in [-0.39, 0.29) is 11.9 Å². The molecule has 0 fully saturated rings. The fraction of sp³-hybridized carbons (Fsp3) is 0.375. The summed E-state index contributed by atoms with van der Waals surface area (Å²) in [5.74, 6) is 0.102. The molecule has 0 aliphatic carbocycles. The van der Waals surface area contributed by atoms with Crippen molar-refractivity contribution in [1.29, 1.82) is 0 Å². The van der Waals surface area contributed by atoms with Gasteiger partial charge in [-0.15, -0.1) is 0 Å². The van der Waals surface area contributed by atoms with Gasteiger partial charge in [0.05, 0.1) is 12.8 Å². The van der Waals surface area contributed by atoms with Crippen molar-refractivity contribution in [2.24, 2.45) is 5.73 Å². The van der Waals surface area contributed by atoms with E-state index in [1.54, 1.807) is 0 Å².